The molecule has 3 rings (SSSR count). The molecule has 1 aromatic heterocycles. The zero-order chi connectivity index (χ0) is 20.3. The molecule has 28 heavy (non-hydrogen) atoms. The van der Waals surface area contributed by atoms with Crippen LogP contribution in [-0.2, 0) is 11.9 Å². The Kier molecular flexibility index (Phi) is 6.33. The van der Waals surface area contributed by atoms with Gasteiger partial charge >= 0.3 is 0 Å². The summed E-state index contributed by atoms with van der Waals surface area (Å²) in [6, 6.07) is 6.65. The summed E-state index contributed by atoms with van der Waals surface area (Å²) in [4.78, 5) is 21.8. The Morgan fingerprint density at radius 3 is 2.96 bits per heavy atom. The van der Waals surface area contributed by atoms with Gasteiger partial charge in [0.1, 0.15) is 5.52 Å². The van der Waals surface area contributed by atoms with Gasteiger partial charge in [0, 0.05) is 11.5 Å². The van der Waals surface area contributed by atoms with Crippen molar-refractivity contribution >= 4 is 55.8 Å². The lowest BCUT2D eigenvalue weighted by Crippen LogP contribution is -2.25. The van der Waals surface area contributed by atoms with Crippen molar-refractivity contribution in [3.63, 3.8) is 0 Å². The molecule has 0 spiro atoms. The van der Waals surface area contributed by atoms with Gasteiger partial charge in [-0.25, -0.2) is 14.9 Å². The molecule has 0 unspecified atom stereocenters. The van der Waals surface area contributed by atoms with Crippen molar-refractivity contribution < 1.29 is 14.0 Å². The van der Waals surface area contributed by atoms with Gasteiger partial charge < -0.3 is 9.88 Å². The molecule has 3 aromatic rings. The van der Waals surface area contributed by atoms with Gasteiger partial charge in [0.2, 0.25) is 0 Å². The lowest BCUT2D eigenvalue weighted by molar-refractivity contribution is 0.0331. The molecule has 0 radical (unpaired) electrons. The second-order valence-electron chi connectivity index (χ2n) is 5.94. The number of halogens is 3. The van der Waals surface area contributed by atoms with E-state index < -0.39 is 11.7 Å². The van der Waals surface area contributed by atoms with Crippen molar-refractivity contribution in [2.24, 2.45) is 7.05 Å². The first-order chi connectivity index (χ1) is 13.4. The van der Waals surface area contributed by atoms with E-state index in [-0.39, 0.29) is 23.4 Å². The summed E-state index contributed by atoms with van der Waals surface area (Å²) in [5.41, 5.74) is 3.40. The van der Waals surface area contributed by atoms with Crippen molar-refractivity contribution in [3.05, 3.63) is 64.1 Å². The average Bonchev–Trinajstić information content (AvgIpc) is 3.03. The molecular weight excluding hydrogens is 451 g/mol. The molecule has 0 fully saturated rings. The van der Waals surface area contributed by atoms with Crippen LogP contribution in [0.4, 0.5) is 15.8 Å². The number of hydroxylamine groups is 1. The van der Waals surface area contributed by atoms with E-state index in [2.05, 4.69) is 38.3 Å². The molecule has 0 aliphatic carbocycles. The molecule has 0 atom stereocenters. The van der Waals surface area contributed by atoms with Gasteiger partial charge in [-0.3, -0.25) is 9.63 Å². The average molecular weight is 468 g/mol. The predicted octanol–water partition coefficient (Wildman–Crippen LogP) is 5.11. The highest BCUT2D eigenvalue weighted by molar-refractivity contribution is 9.10. The molecule has 1 amide bonds. The van der Waals surface area contributed by atoms with E-state index in [1.807, 2.05) is 0 Å². The molecule has 0 bridgehead atoms. The van der Waals surface area contributed by atoms with Gasteiger partial charge in [-0.1, -0.05) is 33.6 Å². The molecule has 0 saturated carbocycles. The third-order valence-electron chi connectivity index (χ3n) is 3.98. The third-order valence-corrected chi connectivity index (χ3v) is 4.79. The first-order valence-electron chi connectivity index (χ1n) is 8.31. The van der Waals surface area contributed by atoms with Crippen molar-refractivity contribution in [3.8, 4) is 0 Å². The minimum absolute atomic E-state index is 0.0414. The van der Waals surface area contributed by atoms with E-state index in [0.717, 1.165) is 4.47 Å². The quantitative estimate of drug-likeness (QED) is 0.288. The summed E-state index contributed by atoms with van der Waals surface area (Å²) >= 11 is 9.56. The number of amides is 1. The number of imidazole rings is 1. The van der Waals surface area contributed by atoms with E-state index in [0.29, 0.717) is 22.6 Å². The summed E-state index contributed by atoms with van der Waals surface area (Å²) in [5.74, 6) is -1.25. The second kappa shape index (κ2) is 8.72. The Bertz CT molecular complexity index is 1050. The van der Waals surface area contributed by atoms with Crippen LogP contribution in [-0.4, -0.2) is 22.1 Å². The van der Waals surface area contributed by atoms with E-state index >= 15 is 4.39 Å². The van der Waals surface area contributed by atoms with Gasteiger partial charge in [0.05, 0.1) is 40.4 Å². The van der Waals surface area contributed by atoms with Crippen molar-refractivity contribution in [2.45, 2.75) is 6.42 Å². The Morgan fingerprint density at radius 1 is 1.46 bits per heavy atom. The van der Waals surface area contributed by atoms with Gasteiger partial charge in [0.15, 0.2) is 5.82 Å². The Hall–Kier alpha value is -2.42. The largest absolute Gasteiger partial charge is 0.351 e. The highest BCUT2D eigenvalue weighted by Gasteiger charge is 2.22. The highest BCUT2D eigenvalue weighted by Crippen LogP contribution is 2.34. The lowest BCUT2D eigenvalue weighted by Gasteiger charge is -2.15. The van der Waals surface area contributed by atoms with Crippen LogP contribution in [0.25, 0.3) is 11.0 Å². The van der Waals surface area contributed by atoms with Crippen molar-refractivity contribution in [1.82, 2.24) is 15.0 Å². The van der Waals surface area contributed by atoms with Crippen LogP contribution >= 0.6 is 27.5 Å². The number of rotatable bonds is 7. The summed E-state index contributed by atoms with van der Waals surface area (Å²) in [6.07, 6.45) is 3.71. The van der Waals surface area contributed by atoms with E-state index in [1.165, 1.54) is 6.33 Å². The summed E-state index contributed by atoms with van der Waals surface area (Å²) in [5, 5.41) is 3.27. The van der Waals surface area contributed by atoms with Crippen LogP contribution in [0.3, 0.4) is 0 Å². The molecule has 0 aliphatic rings. The van der Waals surface area contributed by atoms with E-state index in [4.69, 9.17) is 16.4 Å². The predicted molar refractivity (Wildman–Crippen MR) is 111 cm³/mol. The first kappa shape index (κ1) is 20.3. The van der Waals surface area contributed by atoms with Crippen LogP contribution in [0.1, 0.15) is 16.8 Å². The number of aryl methyl sites for hydroxylation is 1. The molecule has 6 nitrogen and oxygen atoms in total. The minimum Gasteiger partial charge on any atom is -0.351 e. The molecule has 9 heteroatoms. The molecule has 0 saturated heterocycles. The third kappa shape index (κ3) is 4.19. The maximum atomic E-state index is 15.2. The monoisotopic (exact) mass is 466 g/mol. The van der Waals surface area contributed by atoms with Crippen molar-refractivity contribution in [2.75, 3.05) is 11.9 Å². The Balaban J connectivity index is 2.04. The standard InChI is InChI=1S/C19H17BrClFN4O2/c1-3-4-7-28-25-19(27)12-9-15-18(23-10-26(15)2)16(22)17(12)24-14-6-5-11(20)8-13(14)21/h3,5-6,8-10,24H,1,4,7H2,2H3,(H,25,27). The maximum Gasteiger partial charge on any atom is 0.277 e. The minimum atomic E-state index is -0.659. The topological polar surface area (TPSA) is 68.2 Å². The summed E-state index contributed by atoms with van der Waals surface area (Å²) in [7, 11) is 1.72. The summed E-state index contributed by atoms with van der Waals surface area (Å²) in [6.45, 7) is 3.84. The maximum absolute atomic E-state index is 15.2. The zero-order valence-electron chi connectivity index (χ0n) is 14.9. The molecule has 1 heterocycles. The van der Waals surface area contributed by atoms with Crippen LogP contribution < -0.4 is 10.8 Å². The van der Waals surface area contributed by atoms with E-state index in [1.54, 1.807) is 42.0 Å². The summed E-state index contributed by atoms with van der Waals surface area (Å²) < 4.78 is 17.6. The number of carbonyl (C=O) groups is 1. The first-order valence-corrected chi connectivity index (χ1v) is 9.48. The number of hydrogen-bond donors (Lipinski definition) is 2. The number of nitrogens with one attached hydrogen (secondary N) is 2. The molecule has 0 aliphatic heterocycles. The lowest BCUT2D eigenvalue weighted by atomic mass is 10.1. The number of nitrogens with zero attached hydrogens (tertiary/aromatic N) is 2. The fraction of sp³-hybridized carbons (Fsp3) is 0.158. The number of fused-ring (bicyclic) bond motifs is 1. The second-order valence-corrected chi connectivity index (χ2v) is 7.27. The fourth-order valence-corrected chi connectivity index (χ4v) is 3.29. The highest BCUT2D eigenvalue weighted by atomic mass is 79.9. The normalized spacial score (nSPS) is 10.9. The van der Waals surface area contributed by atoms with Crippen LogP contribution in [0.5, 0.6) is 0 Å². The molecular formula is C19H17BrClFN4O2. The molecule has 146 valence electrons. The number of anilines is 2. The Labute approximate surface area is 174 Å². The molecule has 2 N–H and O–H groups in total. The van der Waals surface area contributed by atoms with Gasteiger partial charge in [0.25, 0.3) is 5.91 Å². The fourth-order valence-electron chi connectivity index (χ4n) is 2.57. The van der Waals surface area contributed by atoms with Gasteiger partial charge in [-0.05, 0) is 30.7 Å². The van der Waals surface area contributed by atoms with Crippen LogP contribution in [0.2, 0.25) is 5.02 Å². The van der Waals surface area contributed by atoms with E-state index in [9.17, 15) is 4.79 Å². The number of carbonyl (C=O) groups excluding carboxylic acids is 1. The van der Waals surface area contributed by atoms with Crippen molar-refractivity contribution in [1.29, 1.82) is 0 Å². The molecule has 2 aromatic carbocycles. The van der Waals surface area contributed by atoms with Crippen LogP contribution in [0.15, 0.2) is 47.7 Å². The SMILES string of the molecule is C=CCCONC(=O)c1cc2c(ncn2C)c(F)c1Nc1ccc(Br)cc1Cl. The van der Waals surface area contributed by atoms with Gasteiger partial charge in [-0.2, -0.15) is 0 Å². The number of benzene rings is 2. The smallest absolute Gasteiger partial charge is 0.277 e. The number of hydrogen-bond acceptors (Lipinski definition) is 4. The zero-order valence-corrected chi connectivity index (χ0v) is 17.3. The number of aromatic nitrogens is 2. The van der Waals surface area contributed by atoms with Gasteiger partial charge in [-0.15, -0.1) is 6.58 Å². The Morgan fingerprint density at radius 2 is 2.25 bits per heavy atom. The van der Waals surface area contributed by atoms with Crippen LogP contribution in [0, 0.1) is 5.82 Å².